The second kappa shape index (κ2) is 11.0. The molecule has 1 aliphatic heterocycles. The normalized spacial score (nSPS) is 14.8. The van der Waals surface area contributed by atoms with Gasteiger partial charge in [-0.15, -0.1) is 11.8 Å². The van der Waals surface area contributed by atoms with E-state index >= 15 is 0 Å². The third kappa shape index (κ3) is 6.43. The number of benzene rings is 1. The summed E-state index contributed by atoms with van der Waals surface area (Å²) < 4.78 is 32.2. The molecule has 29 heavy (non-hydrogen) atoms. The molecule has 8 nitrogen and oxygen atoms in total. The first-order valence-corrected chi connectivity index (χ1v) is 12.2. The van der Waals surface area contributed by atoms with E-state index in [4.69, 9.17) is 4.74 Å². The molecule has 0 unspecified atom stereocenters. The van der Waals surface area contributed by atoms with Crippen LogP contribution in [0.4, 0.5) is 5.69 Å². The van der Waals surface area contributed by atoms with E-state index in [0.29, 0.717) is 50.6 Å². The van der Waals surface area contributed by atoms with Crippen LogP contribution in [0.2, 0.25) is 0 Å². The number of rotatable bonds is 9. The van der Waals surface area contributed by atoms with Crippen LogP contribution < -0.4 is 5.32 Å². The van der Waals surface area contributed by atoms with Crippen molar-refractivity contribution in [2.24, 2.45) is 0 Å². The number of hydrogen-bond acceptors (Lipinski definition) is 6. The van der Waals surface area contributed by atoms with Gasteiger partial charge in [0.2, 0.25) is 21.8 Å². The zero-order valence-corrected chi connectivity index (χ0v) is 18.8. The van der Waals surface area contributed by atoms with Gasteiger partial charge in [0, 0.05) is 31.9 Å². The van der Waals surface area contributed by atoms with Gasteiger partial charge in [-0.25, -0.2) is 8.42 Å². The Morgan fingerprint density at radius 1 is 1.17 bits per heavy atom. The number of sulfonamides is 1. The van der Waals surface area contributed by atoms with E-state index < -0.39 is 10.0 Å². The molecule has 0 atom stereocenters. The van der Waals surface area contributed by atoms with Crippen LogP contribution in [-0.4, -0.2) is 80.3 Å². The number of morpholine rings is 1. The lowest BCUT2D eigenvalue weighted by Crippen LogP contribution is -2.41. The Hall–Kier alpha value is -1.62. The van der Waals surface area contributed by atoms with Crippen molar-refractivity contribution in [3.8, 4) is 0 Å². The highest BCUT2D eigenvalue weighted by molar-refractivity contribution is 8.00. The topological polar surface area (TPSA) is 96.0 Å². The number of carbonyl (C=O) groups is 2. The van der Waals surface area contributed by atoms with Crippen LogP contribution >= 0.6 is 11.8 Å². The Kier molecular flexibility index (Phi) is 8.94. The molecule has 0 saturated carbocycles. The molecular formula is C19H29N3O5S2. The predicted octanol–water partition coefficient (Wildman–Crippen LogP) is 1.56. The molecular weight excluding hydrogens is 414 g/mol. The van der Waals surface area contributed by atoms with Gasteiger partial charge < -0.3 is 15.0 Å². The number of nitrogens with one attached hydrogen (secondary N) is 1. The second-order valence-corrected chi connectivity index (χ2v) is 9.50. The lowest BCUT2D eigenvalue weighted by molar-refractivity contribution is -0.132. The minimum absolute atomic E-state index is 0.00552. The van der Waals surface area contributed by atoms with Crippen LogP contribution in [0.1, 0.15) is 19.4 Å². The third-order valence-corrected chi connectivity index (χ3v) is 7.73. The van der Waals surface area contributed by atoms with Crippen LogP contribution in [0.15, 0.2) is 23.1 Å². The van der Waals surface area contributed by atoms with E-state index in [0.717, 1.165) is 0 Å². The maximum absolute atomic E-state index is 12.8. The monoisotopic (exact) mass is 443 g/mol. The van der Waals surface area contributed by atoms with E-state index in [2.05, 4.69) is 5.32 Å². The molecule has 1 aromatic carbocycles. The van der Waals surface area contributed by atoms with E-state index in [-0.39, 0.29) is 28.2 Å². The molecule has 1 N–H and O–H groups in total. The van der Waals surface area contributed by atoms with Gasteiger partial charge in [0.05, 0.1) is 29.6 Å². The number of hydrogen-bond donors (Lipinski definition) is 1. The molecule has 0 aromatic heterocycles. The second-order valence-electron chi connectivity index (χ2n) is 6.60. The molecule has 2 rings (SSSR count). The standard InChI is InChI=1S/C19H29N3O5S2/c1-4-22(5-2)29(25,26)17-12-16(7-6-15(17)3)20-18(23)13-28-14-19(24)21-8-10-27-11-9-21/h6-7,12H,4-5,8-11,13-14H2,1-3H3,(H,20,23). The number of nitrogens with zero attached hydrogens (tertiary/aromatic N) is 2. The number of ether oxygens (including phenoxy) is 1. The quantitative estimate of drug-likeness (QED) is 0.622. The largest absolute Gasteiger partial charge is 0.378 e. The van der Waals surface area contributed by atoms with Gasteiger partial charge >= 0.3 is 0 Å². The van der Waals surface area contributed by atoms with Crippen molar-refractivity contribution in [3.63, 3.8) is 0 Å². The van der Waals surface area contributed by atoms with Gasteiger partial charge in [0.15, 0.2) is 0 Å². The molecule has 0 radical (unpaired) electrons. The fourth-order valence-electron chi connectivity index (χ4n) is 2.99. The highest BCUT2D eigenvalue weighted by Crippen LogP contribution is 2.23. The van der Waals surface area contributed by atoms with Crippen LogP contribution in [0.5, 0.6) is 0 Å². The Balaban J connectivity index is 1.94. The van der Waals surface area contributed by atoms with E-state index in [1.54, 1.807) is 37.8 Å². The van der Waals surface area contributed by atoms with Crippen LogP contribution in [0, 0.1) is 6.92 Å². The first-order chi connectivity index (χ1) is 13.8. The summed E-state index contributed by atoms with van der Waals surface area (Å²) in [4.78, 5) is 26.2. The van der Waals surface area contributed by atoms with Crippen molar-refractivity contribution in [2.75, 3.05) is 56.2 Å². The van der Waals surface area contributed by atoms with E-state index in [1.807, 2.05) is 0 Å². The Labute approximate surface area is 177 Å². The summed E-state index contributed by atoms with van der Waals surface area (Å²) in [6.45, 7) is 8.32. The number of amides is 2. The summed E-state index contributed by atoms with van der Waals surface area (Å²) in [5.41, 5.74) is 1.05. The SMILES string of the molecule is CCN(CC)S(=O)(=O)c1cc(NC(=O)CSCC(=O)N2CCOCC2)ccc1C. The van der Waals surface area contributed by atoms with Gasteiger partial charge in [-0.1, -0.05) is 19.9 Å². The van der Waals surface area contributed by atoms with Gasteiger partial charge in [0.25, 0.3) is 0 Å². The predicted molar refractivity (Wildman–Crippen MR) is 115 cm³/mol. The van der Waals surface area contributed by atoms with E-state index in [1.165, 1.54) is 22.1 Å². The van der Waals surface area contributed by atoms with Crippen molar-refractivity contribution < 1.29 is 22.7 Å². The Morgan fingerprint density at radius 3 is 2.45 bits per heavy atom. The molecule has 0 aliphatic carbocycles. The number of anilines is 1. The van der Waals surface area contributed by atoms with Crippen molar-refractivity contribution in [2.45, 2.75) is 25.7 Å². The lowest BCUT2D eigenvalue weighted by Gasteiger charge is -2.26. The summed E-state index contributed by atoms with van der Waals surface area (Å²) in [7, 11) is -3.61. The molecule has 1 aromatic rings. The Bertz CT molecular complexity index is 819. The van der Waals surface area contributed by atoms with Crippen molar-refractivity contribution in [1.29, 1.82) is 0 Å². The molecule has 0 spiro atoms. The summed E-state index contributed by atoms with van der Waals surface area (Å²) in [6, 6.07) is 4.85. The van der Waals surface area contributed by atoms with Gasteiger partial charge in [0.1, 0.15) is 0 Å². The fourth-order valence-corrected chi connectivity index (χ4v) is 5.42. The Morgan fingerprint density at radius 2 is 1.83 bits per heavy atom. The number of thioether (sulfide) groups is 1. The molecule has 2 amide bonds. The van der Waals surface area contributed by atoms with Crippen LogP contribution in [0.25, 0.3) is 0 Å². The zero-order valence-electron chi connectivity index (χ0n) is 17.1. The lowest BCUT2D eigenvalue weighted by atomic mass is 10.2. The van der Waals surface area contributed by atoms with Gasteiger partial charge in [-0.2, -0.15) is 4.31 Å². The average Bonchev–Trinajstić information content (AvgIpc) is 2.70. The highest BCUT2D eigenvalue weighted by atomic mass is 32.2. The summed E-state index contributed by atoms with van der Waals surface area (Å²) in [5, 5.41) is 2.72. The molecule has 1 aliphatic rings. The number of carbonyl (C=O) groups excluding carboxylic acids is 2. The van der Waals surface area contributed by atoms with Crippen LogP contribution in [-0.2, 0) is 24.3 Å². The zero-order chi connectivity index (χ0) is 21.4. The summed E-state index contributed by atoms with van der Waals surface area (Å²) in [6.07, 6.45) is 0. The summed E-state index contributed by atoms with van der Waals surface area (Å²) in [5.74, 6) is 0.0548. The van der Waals surface area contributed by atoms with Gasteiger partial charge in [-0.3, -0.25) is 9.59 Å². The van der Waals surface area contributed by atoms with E-state index in [9.17, 15) is 18.0 Å². The molecule has 1 fully saturated rings. The maximum Gasteiger partial charge on any atom is 0.243 e. The summed E-state index contributed by atoms with van der Waals surface area (Å²) >= 11 is 1.24. The number of aryl methyl sites for hydroxylation is 1. The molecule has 162 valence electrons. The van der Waals surface area contributed by atoms with Crippen molar-refractivity contribution in [1.82, 2.24) is 9.21 Å². The molecule has 10 heteroatoms. The first kappa shape index (κ1) is 23.7. The third-order valence-electron chi connectivity index (χ3n) is 4.62. The first-order valence-electron chi connectivity index (χ1n) is 9.63. The van der Waals surface area contributed by atoms with Crippen LogP contribution in [0.3, 0.4) is 0 Å². The minimum atomic E-state index is -3.61. The molecule has 0 bridgehead atoms. The minimum Gasteiger partial charge on any atom is -0.378 e. The van der Waals surface area contributed by atoms with Crippen molar-refractivity contribution in [3.05, 3.63) is 23.8 Å². The van der Waals surface area contributed by atoms with Crippen molar-refractivity contribution >= 4 is 39.3 Å². The average molecular weight is 444 g/mol. The molecule has 1 saturated heterocycles. The maximum atomic E-state index is 12.8. The fraction of sp³-hybridized carbons (Fsp3) is 0.579. The molecule has 1 heterocycles. The smallest absolute Gasteiger partial charge is 0.243 e. The highest BCUT2D eigenvalue weighted by Gasteiger charge is 2.24. The van der Waals surface area contributed by atoms with Gasteiger partial charge in [-0.05, 0) is 24.6 Å².